The van der Waals surface area contributed by atoms with Gasteiger partial charge in [-0.2, -0.15) is 13.2 Å². The van der Waals surface area contributed by atoms with Gasteiger partial charge in [0.2, 0.25) is 0 Å². The first-order valence-electron chi connectivity index (χ1n) is 8.34. The minimum absolute atomic E-state index is 0.174. The van der Waals surface area contributed by atoms with Crippen molar-refractivity contribution in [1.82, 2.24) is 9.97 Å². The second-order valence-corrected chi connectivity index (χ2v) is 6.33. The molecule has 0 radical (unpaired) electrons. The Morgan fingerprint density at radius 1 is 0.750 bits per heavy atom. The smallest absolute Gasteiger partial charge is 0.396 e. The van der Waals surface area contributed by atoms with E-state index in [1.807, 2.05) is 0 Å². The summed E-state index contributed by atoms with van der Waals surface area (Å²) in [6, 6.07) is 10.2. The van der Waals surface area contributed by atoms with Crippen LogP contribution in [0.3, 0.4) is 0 Å². The van der Waals surface area contributed by atoms with Crippen molar-refractivity contribution in [3.63, 3.8) is 0 Å². The van der Waals surface area contributed by atoms with Crippen molar-refractivity contribution in [2.45, 2.75) is 20.0 Å². The molecule has 9 heteroatoms. The lowest BCUT2D eigenvalue weighted by molar-refractivity contribution is -0.137. The lowest BCUT2D eigenvalue weighted by atomic mass is 10.1. The predicted octanol–water partition coefficient (Wildman–Crippen LogP) is 4.76. The number of nitrogen functional groups attached to an aromatic ring is 2. The Hall–Kier alpha value is -3.49. The lowest BCUT2D eigenvalue weighted by Crippen LogP contribution is -2.08. The van der Waals surface area contributed by atoms with E-state index in [4.69, 9.17) is 11.5 Å². The van der Waals surface area contributed by atoms with Gasteiger partial charge in [0.25, 0.3) is 0 Å². The molecule has 2 heterocycles. The Balaban J connectivity index is 2.02. The Morgan fingerprint density at radius 3 is 1.57 bits per heavy atom. The zero-order valence-corrected chi connectivity index (χ0v) is 15.2. The number of alkyl halides is 3. The van der Waals surface area contributed by atoms with Gasteiger partial charge in [0.15, 0.2) is 11.6 Å². The third-order valence-electron chi connectivity index (χ3n) is 3.92. The van der Waals surface area contributed by atoms with Crippen LogP contribution in [0.15, 0.2) is 42.5 Å². The van der Waals surface area contributed by atoms with E-state index in [0.717, 1.165) is 12.1 Å². The number of nitrogens with zero attached hydrogens (tertiary/aromatic N) is 2. The van der Waals surface area contributed by atoms with E-state index in [2.05, 4.69) is 20.6 Å². The van der Waals surface area contributed by atoms with Gasteiger partial charge in [-0.15, -0.1) is 0 Å². The van der Waals surface area contributed by atoms with Crippen LogP contribution < -0.4 is 22.1 Å². The van der Waals surface area contributed by atoms with E-state index in [0.29, 0.717) is 22.8 Å². The molecule has 6 nitrogen and oxygen atoms in total. The Labute approximate surface area is 159 Å². The highest BCUT2D eigenvalue weighted by Gasteiger charge is 2.31. The largest absolute Gasteiger partial charge is 0.416 e. The van der Waals surface area contributed by atoms with Crippen LogP contribution in [-0.2, 0) is 6.18 Å². The van der Waals surface area contributed by atoms with Crippen LogP contribution in [0.25, 0.3) is 0 Å². The molecule has 28 heavy (non-hydrogen) atoms. The van der Waals surface area contributed by atoms with E-state index < -0.39 is 11.7 Å². The van der Waals surface area contributed by atoms with Crippen LogP contribution in [0.2, 0.25) is 0 Å². The molecule has 0 amide bonds. The summed E-state index contributed by atoms with van der Waals surface area (Å²) in [6.45, 7) is 3.52. The van der Waals surface area contributed by atoms with Gasteiger partial charge < -0.3 is 22.1 Å². The number of aryl methyl sites for hydroxylation is 2. The number of pyridine rings is 2. The van der Waals surface area contributed by atoms with Crippen LogP contribution in [0, 0.1) is 13.8 Å². The molecule has 0 saturated carbocycles. The van der Waals surface area contributed by atoms with Crippen molar-refractivity contribution >= 4 is 34.4 Å². The summed E-state index contributed by atoms with van der Waals surface area (Å²) in [6.07, 6.45) is -4.54. The van der Waals surface area contributed by atoms with Crippen molar-refractivity contribution in [1.29, 1.82) is 0 Å². The van der Waals surface area contributed by atoms with E-state index in [-0.39, 0.29) is 23.0 Å². The number of benzene rings is 1. The standard InChI is InChI=1S/C19H19F3N6/c1-10-3-5-15(23)17(25-10)27-13-7-12(19(20,21)22)8-14(9-13)28-18-16(24)6-4-11(2)26-18/h3-9H,23-24H2,1-2H3,(H,25,27)(H,26,28). The van der Waals surface area contributed by atoms with Crippen LogP contribution >= 0.6 is 0 Å². The summed E-state index contributed by atoms with van der Waals surface area (Å²) in [5.41, 5.74) is 13.3. The average molecular weight is 388 g/mol. The minimum Gasteiger partial charge on any atom is -0.396 e. The molecular weight excluding hydrogens is 369 g/mol. The van der Waals surface area contributed by atoms with Crippen molar-refractivity contribution in [3.05, 3.63) is 59.4 Å². The number of nitrogens with two attached hydrogens (primary N) is 2. The van der Waals surface area contributed by atoms with Gasteiger partial charge in [-0.1, -0.05) is 0 Å². The number of hydrogen-bond donors (Lipinski definition) is 4. The summed E-state index contributed by atoms with van der Waals surface area (Å²) in [7, 11) is 0. The predicted molar refractivity (Wildman–Crippen MR) is 105 cm³/mol. The fourth-order valence-corrected chi connectivity index (χ4v) is 2.54. The highest BCUT2D eigenvalue weighted by atomic mass is 19.4. The van der Waals surface area contributed by atoms with Crippen LogP contribution in [0.1, 0.15) is 17.0 Å². The summed E-state index contributed by atoms with van der Waals surface area (Å²) >= 11 is 0. The molecule has 0 unspecified atom stereocenters. The number of rotatable bonds is 4. The normalized spacial score (nSPS) is 11.3. The summed E-state index contributed by atoms with van der Waals surface area (Å²) in [5, 5.41) is 5.70. The number of anilines is 6. The van der Waals surface area contributed by atoms with Gasteiger partial charge in [0.05, 0.1) is 16.9 Å². The van der Waals surface area contributed by atoms with Crippen molar-refractivity contribution in [2.24, 2.45) is 0 Å². The van der Waals surface area contributed by atoms with Gasteiger partial charge in [0.1, 0.15) is 0 Å². The van der Waals surface area contributed by atoms with Gasteiger partial charge in [0, 0.05) is 22.8 Å². The molecule has 0 bridgehead atoms. The number of halogens is 3. The molecule has 0 fully saturated rings. The fourth-order valence-electron chi connectivity index (χ4n) is 2.54. The maximum absolute atomic E-state index is 13.4. The third-order valence-corrected chi connectivity index (χ3v) is 3.92. The van der Waals surface area contributed by atoms with Gasteiger partial charge in [-0.25, -0.2) is 9.97 Å². The molecule has 2 aromatic heterocycles. The maximum Gasteiger partial charge on any atom is 0.416 e. The molecule has 0 saturated heterocycles. The molecule has 0 aliphatic heterocycles. The first kappa shape index (κ1) is 19.3. The van der Waals surface area contributed by atoms with Crippen LogP contribution in [-0.4, -0.2) is 9.97 Å². The van der Waals surface area contributed by atoms with E-state index >= 15 is 0 Å². The van der Waals surface area contributed by atoms with Crippen LogP contribution in [0.4, 0.5) is 47.6 Å². The number of hydrogen-bond acceptors (Lipinski definition) is 6. The lowest BCUT2D eigenvalue weighted by Gasteiger charge is -2.16. The highest BCUT2D eigenvalue weighted by Crippen LogP contribution is 2.35. The van der Waals surface area contributed by atoms with Crippen molar-refractivity contribution in [3.8, 4) is 0 Å². The average Bonchev–Trinajstić information content (AvgIpc) is 2.60. The molecule has 0 spiro atoms. The summed E-state index contributed by atoms with van der Waals surface area (Å²) in [5.74, 6) is 0.553. The van der Waals surface area contributed by atoms with Gasteiger partial charge in [-0.3, -0.25) is 0 Å². The van der Waals surface area contributed by atoms with Crippen molar-refractivity contribution in [2.75, 3.05) is 22.1 Å². The zero-order chi connectivity index (χ0) is 20.5. The first-order chi connectivity index (χ1) is 13.1. The number of aromatic nitrogens is 2. The number of nitrogens with one attached hydrogen (secondary N) is 2. The fraction of sp³-hybridized carbons (Fsp3) is 0.158. The molecule has 146 valence electrons. The van der Waals surface area contributed by atoms with Gasteiger partial charge >= 0.3 is 6.18 Å². The Morgan fingerprint density at radius 2 is 1.18 bits per heavy atom. The molecular formula is C19H19F3N6. The highest BCUT2D eigenvalue weighted by molar-refractivity contribution is 5.75. The molecule has 0 aliphatic rings. The minimum atomic E-state index is -4.54. The molecule has 3 aromatic rings. The molecule has 0 atom stereocenters. The third kappa shape index (κ3) is 4.43. The van der Waals surface area contributed by atoms with E-state index in [1.165, 1.54) is 6.07 Å². The topological polar surface area (TPSA) is 102 Å². The first-order valence-corrected chi connectivity index (χ1v) is 8.34. The van der Waals surface area contributed by atoms with E-state index in [1.54, 1.807) is 38.1 Å². The molecule has 1 aromatic carbocycles. The van der Waals surface area contributed by atoms with Gasteiger partial charge in [-0.05, 0) is 56.3 Å². The quantitative estimate of drug-likeness (QED) is 0.514. The van der Waals surface area contributed by atoms with Crippen molar-refractivity contribution < 1.29 is 13.2 Å². The Kier molecular flexibility index (Phi) is 5.00. The second-order valence-electron chi connectivity index (χ2n) is 6.33. The maximum atomic E-state index is 13.4. The summed E-state index contributed by atoms with van der Waals surface area (Å²) in [4.78, 5) is 8.46. The SMILES string of the molecule is Cc1ccc(N)c(Nc2cc(Nc3nc(C)ccc3N)cc(C(F)(F)F)c2)n1. The molecule has 6 N–H and O–H groups in total. The molecule has 3 rings (SSSR count). The van der Waals surface area contributed by atoms with E-state index in [9.17, 15) is 13.2 Å². The second kappa shape index (κ2) is 7.26. The molecule has 0 aliphatic carbocycles. The zero-order valence-electron chi connectivity index (χ0n) is 15.2. The van der Waals surface area contributed by atoms with Crippen LogP contribution in [0.5, 0.6) is 0 Å². The Bertz CT molecular complexity index is 945. The summed E-state index contributed by atoms with van der Waals surface area (Å²) < 4.78 is 40.1. The monoisotopic (exact) mass is 388 g/mol.